The molecule has 2 saturated heterocycles. The summed E-state index contributed by atoms with van der Waals surface area (Å²) in [6, 6.07) is 19.1. The minimum absolute atomic E-state index is 0.250. The van der Waals surface area contributed by atoms with Gasteiger partial charge in [0.15, 0.2) is 0 Å². The molecule has 8 heteroatoms. The lowest BCUT2D eigenvalue weighted by atomic mass is 10.0. The molecule has 190 valence electrons. The van der Waals surface area contributed by atoms with Crippen molar-refractivity contribution in [2.45, 2.75) is 63.3 Å². The summed E-state index contributed by atoms with van der Waals surface area (Å²) in [5.41, 5.74) is 3.59. The summed E-state index contributed by atoms with van der Waals surface area (Å²) in [5, 5.41) is 3.44. The molecule has 2 aliphatic heterocycles. The van der Waals surface area contributed by atoms with E-state index in [1.165, 1.54) is 25.0 Å². The monoisotopic (exact) mass is 497 g/mol. The standard InChI is InChI=1S/C28H30F3N3O2/c1-34-22-8-9-23(34)15-26(14-22)35-25-4-2-3-19(13-25)16-32-17-20-5-12-27(33-18-20)21-6-10-24(11-7-21)36-28(29,30)31/h2-7,10-13,18,22-23,26,32H,8-9,14-17H2,1H3/t22-,23?,26?/m0/s1. The molecule has 2 unspecified atom stereocenters. The van der Waals surface area contributed by atoms with Crippen LogP contribution in [0.2, 0.25) is 0 Å². The molecule has 3 atom stereocenters. The van der Waals surface area contributed by atoms with Crippen LogP contribution in [-0.4, -0.2) is 41.5 Å². The van der Waals surface area contributed by atoms with Crippen LogP contribution in [0.25, 0.3) is 11.3 Å². The molecule has 2 aromatic carbocycles. The van der Waals surface area contributed by atoms with Crippen molar-refractivity contribution in [2.75, 3.05) is 7.05 Å². The second-order valence-corrected chi connectivity index (χ2v) is 9.64. The van der Waals surface area contributed by atoms with Crippen LogP contribution >= 0.6 is 0 Å². The highest BCUT2D eigenvalue weighted by Gasteiger charge is 2.39. The summed E-state index contributed by atoms with van der Waals surface area (Å²) in [5.74, 6) is 0.681. The van der Waals surface area contributed by atoms with E-state index in [0.717, 1.165) is 35.3 Å². The average molecular weight is 498 g/mol. The van der Waals surface area contributed by atoms with Crippen LogP contribution < -0.4 is 14.8 Å². The van der Waals surface area contributed by atoms with Crippen LogP contribution in [0.5, 0.6) is 11.5 Å². The smallest absolute Gasteiger partial charge is 0.490 e. The second kappa shape index (κ2) is 10.5. The van der Waals surface area contributed by atoms with E-state index >= 15 is 0 Å². The fourth-order valence-corrected chi connectivity index (χ4v) is 5.26. The molecule has 2 bridgehead atoms. The first-order chi connectivity index (χ1) is 17.3. The summed E-state index contributed by atoms with van der Waals surface area (Å²) in [4.78, 5) is 6.97. The third kappa shape index (κ3) is 6.17. The first-order valence-corrected chi connectivity index (χ1v) is 12.3. The van der Waals surface area contributed by atoms with Gasteiger partial charge in [-0.3, -0.25) is 4.98 Å². The van der Waals surface area contributed by atoms with Gasteiger partial charge in [0, 0.05) is 36.9 Å². The molecular formula is C28H30F3N3O2. The quantitative estimate of drug-likeness (QED) is 0.417. The molecule has 1 N–H and O–H groups in total. The molecule has 5 rings (SSSR count). The number of fused-ring (bicyclic) bond motifs is 2. The summed E-state index contributed by atoms with van der Waals surface area (Å²) in [7, 11) is 2.24. The first-order valence-electron chi connectivity index (χ1n) is 12.3. The number of aromatic nitrogens is 1. The van der Waals surface area contributed by atoms with E-state index in [1.54, 1.807) is 18.3 Å². The van der Waals surface area contributed by atoms with Crippen LogP contribution in [-0.2, 0) is 13.1 Å². The molecule has 2 aliphatic rings. The van der Waals surface area contributed by atoms with Gasteiger partial charge in [0.1, 0.15) is 17.6 Å². The van der Waals surface area contributed by atoms with Crippen molar-refractivity contribution in [3.8, 4) is 22.8 Å². The van der Waals surface area contributed by atoms with E-state index < -0.39 is 6.36 Å². The molecular weight excluding hydrogens is 467 g/mol. The van der Waals surface area contributed by atoms with Gasteiger partial charge >= 0.3 is 6.36 Å². The Bertz CT molecular complexity index is 1140. The van der Waals surface area contributed by atoms with Gasteiger partial charge in [0.25, 0.3) is 0 Å². The largest absolute Gasteiger partial charge is 0.573 e. The minimum Gasteiger partial charge on any atom is -0.490 e. The maximum atomic E-state index is 12.3. The van der Waals surface area contributed by atoms with Crippen molar-refractivity contribution in [2.24, 2.45) is 0 Å². The summed E-state index contributed by atoms with van der Waals surface area (Å²) in [6.45, 7) is 1.35. The van der Waals surface area contributed by atoms with Gasteiger partial charge < -0.3 is 19.7 Å². The molecule has 36 heavy (non-hydrogen) atoms. The first kappa shape index (κ1) is 24.6. The molecule has 0 radical (unpaired) electrons. The van der Waals surface area contributed by atoms with Gasteiger partial charge in [0.2, 0.25) is 0 Å². The van der Waals surface area contributed by atoms with Crippen molar-refractivity contribution in [3.63, 3.8) is 0 Å². The van der Waals surface area contributed by atoms with Crippen molar-refractivity contribution >= 4 is 0 Å². The van der Waals surface area contributed by atoms with Crippen molar-refractivity contribution in [1.29, 1.82) is 0 Å². The SMILES string of the molecule is CN1C2CC[C@H]1CC(Oc1cccc(CNCc3ccc(-c4ccc(OC(F)(F)F)cc4)nc3)c1)C2. The van der Waals surface area contributed by atoms with E-state index in [1.807, 2.05) is 24.3 Å². The number of nitrogens with one attached hydrogen (secondary N) is 1. The fraction of sp³-hybridized carbons (Fsp3) is 0.393. The Morgan fingerprint density at radius 1 is 0.917 bits per heavy atom. The Hall–Kier alpha value is -3.10. The lowest BCUT2D eigenvalue weighted by Gasteiger charge is -2.36. The van der Waals surface area contributed by atoms with Crippen molar-refractivity contribution < 1.29 is 22.6 Å². The molecule has 0 aliphatic carbocycles. The normalized spacial score (nSPS) is 21.9. The summed E-state index contributed by atoms with van der Waals surface area (Å²) in [6.07, 6.45) is 2.13. The number of piperidine rings is 1. The van der Waals surface area contributed by atoms with Crippen LogP contribution in [0.15, 0.2) is 66.9 Å². The van der Waals surface area contributed by atoms with Crippen LogP contribution in [0.1, 0.15) is 36.8 Å². The van der Waals surface area contributed by atoms with Crippen LogP contribution in [0.3, 0.4) is 0 Å². The van der Waals surface area contributed by atoms with Crippen LogP contribution in [0, 0.1) is 0 Å². The average Bonchev–Trinajstić information content (AvgIpc) is 3.05. The number of nitrogens with zero attached hydrogens (tertiary/aromatic N) is 2. The third-order valence-corrected chi connectivity index (χ3v) is 7.12. The Morgan fingerprint density at radius 3 is 2.31 bits per heavy atom. The predicted molar refractivity (Wildman–Crippen MR) is 132 cm³/mol. The van der Waals surface area contributed by atoms with Crippen molar-refractivity contribution in [1.82, 2.24) is 15.2 Å². The Labute approximate surface area is 209 Å². The van der Waals surface area contributed by atoms with Crippen molar-refractivity contribution in [3.05, 3.63) is 78.0 Å². The van der Waals surface area contributed by atoms with Gasteiger partial charge in [-0.25, -0.2) is 0 Å². The van der Waals surface area contributed by atoms with E-state index in [4.69, 9.17) is 4.74 Å². The number of alkyl halides is 3. The van der Waals surface area contributed by atoms with Gasteiger partial charge in [-0.1, -0.05) is 18.2 Å². The predicted octanol–water partition coefficient (Wildman–Crippen LogP) is 5.94. The number of ether oxygens (including phenoxy) is 2. The minimum atomic E-state index is -4.70. The Balaban J connectivity index is 1.11. The highest BCUT2D eigenvalue weighted by atomic mass is 19.4. The van der Waals surface area contributed by atoms with Gasteiger partial charge in [0.05, 0.1) is 5.69 Å². The van der Waals surface area contributed by atoms with Gasteiger partial charge in [-0.2, -0.15) is 0 Å². The Morgan fingerprint density at radius 2 is 1.64 bits per heavy atom. The second-order valence-electron chi connectivity index (χ2n) is 9.64. The van der Waals surface area contributed by atoms with E-state index in [-0.39, 0.29) is 5.75 Å². The molecule has 0 saturated carbocycles. The summed E-state index contributed by atoms with van der Waals surface area (Å²) < 4.78 is 47.2. The van der Waals surface area contributed by atoms with E-state index in [9.17, 15) is 13.2 Å². The van der Waals surface area contributed by atoms with E-state index in [2.05, 4.69) is 39.1 Å². The number of hydrogen-bond donors (Lipinski definition) is 1. The number of pyridine rings is 1. The maximum Gasteiger partial charge on any atom is 0.573 e. The highest BCUT2D eigenvalue weighted by molar-refractivity contribution is 5.60. The lowest BCUT2D eigenvalue weighted by Crippen LogP contribution is -2.43. The molecule has 1 aromatic heterocycles. The van der Waals surface area contributed by atoms with Gasteiger partial charge in [-0.15, -0.1) is 13.2 Å². The topological polar surface area (TPSA) is 46.6 Å². The van der Waals surface area contributed by atoms with Gasteiger partial charge in [-0.05, 0) is 86.3 Å². The number of hydrogen-bond acceptors (Lipinski definition) is 5. The number of rotatable bonds is 8. The molecule has 0 spiro atoms. The fourth-order valence-electron chi connectivity index (χ4n) is 5.26. The number of benzene rings is 2. The highest BCUT2D eigenvalue weighted by Crippen LogP contribution is 2.36. The third-order valence-electron chi connectivity index (χ3n) is 7.12. The maximum absolute atomic E-state index is 12.3. The molecule has 2 fully saturated rings. The molecule has 0 amide bonds. The Kier molecular flexibility index (Phi) is 7.16. The zero-order chi connectivity index (χ0) is 25.1. The van der Waals surface area contributed by atoms with E-state index in [0.29, 0.717) is 37.0 Å². The zero-order valence-electron chi connectivity index (χ0n) is 20.2. The summed E-state index contributed by atoms with van der Waals surface area (Å²) >= 11 is 0. The molecule has 3 aromatic rings. The lowest BCUT2D eigenvalue weighted by molar-refractivity contribution is -0.274. The zero-order valence-corrected chi connectivity index (χ0v) is 20.2. The number of halogens is 3. The molecule has 3 heterocycles. The van der Waals surface area contributed by atoms with Crippen LogP contribution in [0.4, 0.5) is 13.2 Å². The molecule has 5 nitrogen and oxygen atoms in total.